The van der Waals surface area contributed by atoms with Gasteiger partial charge < -0.3 is 15.8 Å². The van der Waals surface area contributed by atoms with E-state index in [1.165, 1.54) is 12.1 Å². The van der Waals surface area contributed by atoms with Crippen molar-refractivity contribution in [2.24, 2.45) is 10.7 Å². The number of benzene rings is 1. The summed E-state index contributed by atoms with van der Waals surface area (Å²) in [5.74, 6) is -3.53. The minimum atomic E-state index is -2.74. The number of carbonyl (C=O) groups excluding carboxylic acids is 1. The summed E-state index contributed by atoms with van der Waals surface area (Å²) in [6, 6.07) is 4.17. The fourth-order valence-electron chi connectivity index (χ4n) is 5.04. The monoisotopic (exact) mass is 551 g/mol. The molecule has 3 N–H and O–H groups in total. The zero-order valence-electron chi connectivity index (χ0n) is 19.6. The molecular weight excluding hydrogens is 523 g/mol. The molecule has 188 valence electrons. The van der Waals surface area contributed by atoms with Crippen LogP contribution in [0.3, 0.4) is 0 Å². The number of hydrogen-bond acceptors (Lipinski definition) is 4. The highest BCUT2D eigenvalue weighted by molar-refractivity contribution is 9.11. The highest BCUT2D eigenvalue weighted by atomic mass is 79.9. The van der Waals surface area contributed by atoms with Crippen molar-refractivity contribution in [1.82, 2.24) is 0 Å². The third-order valence-electron chi connectivity index (χ3n) is 6.87. The molecule has 1 saturated carbocycles. The number of carbonyl (C=O) groups is 1. The quantitative estimate of drug-likeness (QED) is 0.443. The lowest BCUT2D eigenvalue weighted by atomic mass is 9.72. The van der Waals surface area contributed by atoms with Crippen LogP contribution in [-0.4, -0.2) is 23.5 Å². The second-order valence-corrected chi connectivity index (χ2v) is 10.6. The van der Waals surface area contributed by atoms with E-state index in [1.807, 2.05) is 18.2 Å². The average Bonchev–Trinajstić information content (AvgIpc) is 2.89. The molecule has 1 spiro atoms. The van der Waals surface area contributed by atoms with Crippen molar-refractivity contribution in [3.63, 3.8) is 0 Å². The topological polar surface area (TPSA) is 76.7 Å². The van der Waals surface area contributed by atoms with Crippen molar-refractivity contribution in [1.29, 1.82) is 0 Å². The van der Waals surface area contributed by atoms with Crippen LogP contribution in [-0.2, 0) is 15.1 Å². The third-order valence-corrected chi connectivity index (χ3v) is 7.40. The zero-order valence-corrected chi connectivity index (χ0v) is 21.1. The highest BCUT2D eigenvalue weighted by Gasteiger charge is 2.51. The Balaban J connectivity index is 1.59. The van der Waals surface area contributed by atoms with Crippen LogP contribution in [0.25, 0.3) is 0 Å². The van der Waals surface area contributed by atoms with Crippen molar-refractivity contribution in [2.75, 3.05) is 5.32 Å². The number of nitrogens with two attached hydrogens (primary N) is 1. The lowest BCUT2D eigenvalue weighted by Crippen LogP contribution is -2.51. The first-order chi connectivity index (χ1) is 16.5. The van der Waals surface area contributed by atoms with Gasteiger partial charge >= 0.3 is 0 Å². The van der Waals surface area contributed by atoms with Crippen LogP contribution in [0.1, 0.15) is 63.9 Å². The molecule has 3 aliphatic rings. The molecular formula is C26H29BrF3N3O2. The number of aliphatic imine (C=N–C) groups is 1. The lowest BCUT2D eigenvalue weighted by molar-refractivity contribution is -0.113. The molecule has 1 fully saturated rings. The molecule has 9 heteroatoms. The van der Waals surface area contributed by atoms with Gasteiger partial charge in [0.05, 0.1) is 5.54 Å². The second-order valence-electron chi connectivity index (χ2n) is 9.73. The van der Waals surface area contributed by atoms with Crippen LogP contribution >= 0.6 is 15.9 Å². The predicted molar refractivity (Wildman–Crippen MR) is 134 cm³/mol. The molecule has 0 bridgehead atoms. The number of amidine groups is 1. The summed E-state index contributed by atoms with van der Waals surface area (Å²) >= 11 is 3.44. The molecule has 2 aliphatic carbocycles. The summed E-state index contributed by atoms with van der Waals surface area (Å²) in [5, 5.41) is 2.86. The van der Waals surface area contributed by atoms with E-state index in [4.69, 9.17) is 10.5 Å². The van der Waals surface area contributed by atoms with E-state index >= 15 is 4.39 Å². The molecule has 4 rings (SSSR count). The van der Waals surface area contributed by atoms with Gasteiger partial charge in [-0.3, -0.25) is 4.79 Å². The van der Waals surface area contributed by atoms with E-state index in [1.54, 1.807) is 19.1 Å². The number of hydrogen-bond donors (Lipinski definition) is 2. The second kappa shape index (κ2) is 9.84. The van der Waals surface area contributed by atoms with Crippen molar-refractivity contribution < 1.29 is 22.7 Å². The molecule has 1 aromatic carbocycles. The summed E-state index contributed by atoms with van der Waals surface area (Å²) in [7, 11) is 0. The number of nitrogens with zero attached hydrogens (tertiary/aromatic N) is 1. The summed E-state index contributed by atoms with van der Waals surface area (Å²) in [5.41, 5.74) is 5.17. The van der Waals surface area contributed by atoms with Gasteiger partial charge in [-0.15, -0.1) is 0 Å². The molecule has 1 amide bonds. The van der Waals surface area contributed by atoms with Gasteiger partial charge in [-0.25, -0.2) is 18.2 Å². The van der Waals surface area contributed by atoms with E-state index < -0.39 is 22.9 Å². The van der Waals surface area contributed by atoms with Crippen LogP contribution in [0.5, 0.6) is 0 Å². The number of nitrogens with one attached hydrogen (secondary N) is 1. The Morgan fingerprint density at radius 2 is 1.94 bits per heavy atom. The molecule has 1 aliphatic heterocycles. The number of rotatable bonds is 3. The number of amides is 1. The summed E-state index contributed by atoms with van der Waals surface area (Å²) in [4.78, 5) is 17.4. The maximum absolute atomic E-state index is 15.1. The smallest absolute Gasteiger partial charge is 0.283 e. The van der Waals surface area contributed by atoms with Gasteiger partial charge in [0.25, 0.3) is 11.9 Å². The maximum atomic E-state index is 15.1. The van der Waals surface area contributed by atoms with Gasteiger partial charge in [-0.1, -0.05) is 34.2 Å². The molecule has 1 atom stereocenters. The van der Waals surface area contributed by atoms with Crippen LogP contribution < -0.4 is 11.1 Å². The van der Waals surface area contributed by atoms with Crippen molar-refractivity contribution in [3.05, 3.63) is 63.9 Å². The number of allylic oxidation sites excluding steroid dienone is 5. The van der Waals surface area contributed by atoms with Gasteiger partial charge in [0.2, 0.25) is 5.92 Å². The fraction of sp³-hybridized carbons (Fsp3) is 0.462. The Hall–Kier alpha value is -2.55. The number of halogens is 4. The number of anilines is 1. The molecule has 0 unspecified atom stereocenters. The summed E-state index contributed by atoms with van der Waals surface area (Å²) < 4.78 is 49.3. The Bertz CT molecular complexity index is 1120. The molecule has 0 aromatic heterocycles. The van der Waals surface area contributed by atoms with Crippen LogP contribution in [0.15, 0.2) is 57.6 Å². The lowest BCUT2D eigenvalue weighted by Gasteiger charge is -2.47. The SMILES string of the molecule is C[C@@]1(c2cc(NC(=O)/C3=C/C=C(/Br)C=CCCC3)ccc2F)CC2(CCC(F)(F)CC2)OC(N)=N1. The van der Waals surface area contributed by atoms with Crippen LogP contribution in [0.2, 0.25) is 0 Å². The predicted octanol–water partition coefficient (Wildman–Crippen LogP) is 6.61. The highest BCUT2D eigenvalue weighted by Crippen LogP contribution is 2.49. The first-order valence-corrected chi connectivity index (χ1v) is 12.6. The van der Waals surface area contributed by atoms with Crippen LogP contribution in [0.4, 0.5) is 18.9 Å². The molecule has 35 heavy (non-hydrogen) atoms. The minimum absolute atomic E-state index is 0.107. The van der Waals surface area contributed by atoms with E-state index in [-0.39, 0.29) is 49.6 Å². The molecule has 1 heterocycles. The van der Waals surface area contributed by atoms with E-state index in [2.05, 4.69) is 26.2 Å². The molecule has 5 nitrogen and oxygen atoms in total. The van der Waals surface area contributed by atoms with Crippen LogP contribution in [0, 0.1) is 5.82 Å². The Morgan fingerprint density at radius 3 is 2.69 bits per heavy atom. The molecule has 0 radical (unpaired) electrons. The Labute approximate surface area is 211 Å². The van der Waals surface area contributed by atoms with Crippen molar-refractivity contribution in [3.8, 4) is 0 Å². The van der Waals surface area contributed by atoms with E-state index in [0.717, 1.165) is 17.3 Å². The van der Waals surface area contributed by atoms with E-state index in [0.29, 0.717) is 17.7 Å². The average molecular weight is 552 g/mol. The standard InChI is InChI=1S/C26H29BrF3N3O2/c1-24(16-25(35-23(31)33-24)11-13-26(29,30)14-12-25)20-15-19(9-10-21(20)28)32-22(34)17-5-3-2-4-6-18(27)8-7-17/h4,6-10,15H,2-3,5,11-14,16H2,1H3,(H2,31,33)(H,32,34)/b6-4?,17-7+,18-8+/t24-/m0/s1. The van der Waals surface area contributed by atoms with Gasteiger partial charge in [-0.05, 0) is 63.3 Å². The van der Waals surface area contributed by atoms with E-state index in [9.17, 15) is 13.6 Å². The minimum Gasteiger partial charge on any atom is -0.459 e. The van der Waals surface area contributed by atoms with Gasteiger partial charge in [0.1, 0.15) is 11.4 Å². The third kappa shape index (κ3) is 6.00. The summed E-state index contributed by atoms with van der Waals surface area (Å²) in [6.45, 7) is 1.72. The Kier molecular flexibility index (Phi) is 7.18. The summed E-state index contributed by atoms with van der Waals surface area (Å²) in [6.07, 6.45) is 9.65. The Morgan fingerprint density at radius 1 is 1.20 bits per heavy atom. The van der Waals surface area contributed by atoms with Gasteiger partial charge in [0, 0.05) is 40.6 Å². The number of ether oxygens (including phenoxy) is 1. The molecule has 1 aromatic rings. The molecule has 0 saturated heterocycles. The van der Waals surface area contributed by atoms with Gasteiger partial charge in [-0.2, -0.15) is 0 Å². The number of alkyl halides is 2. The first kappa shape index (κ1) is 25.5. The fourth-order valence-corrected chi connectivity index (χ4v) is 5.36. The van der Waals surface area contributed by atoms with Crippen molar-refractivity contribution >= 4 is 33.5 Å². The van der Waals surface area contributed by atoms with Crippen molar-refractivity contribution in [2.45, 2.75) is 75.4 Å². The first-order valence-electron chi connectivity index (χ1n) is 11.8. The zero-order chi connectivity index (χ0) is 25.3. The maximum Gasteiger partial charge on any atom is 0.283 e. The van der Waals surface area contributed by atoms with Gasteiger partial charge in [0.15, 0.2) is 0 Å². The normalized spacial score (nSPS) is 28.8. The largest absolute Gasteiger partial charge is 0.459 e.